The van der Waals surface area contributed by atoms with E-state index in [4.69, 9.17) is 9.97 Å². The smallest absolute Gasteiger partial charge is 0.269 e. The zero-order valence-corrected chi connectivity index (χ0v) is 31.3. The first-order chi connectivity index (χ1) is 28.0. The van der Waals surface area contributed by atoms with Gasteiger partial charge < -0.3 is 9.97 Å². The maximum Gasteiger partial charge on any atom is 0.269 e. The second kappa shape index (κ2) is 14.0. The monoisotopic (exact) mass is 739 g/mol. The van der Waals surface area contributed by atoms with Gasteiger partial charge in [-0.15, -0.1) is 0 Å². The van der Waals surface area contributed by atoms with Crippen molar-refractivity contribution < 1.29 is 4.92 Å². The number of H-pyrrole nitrogens is 2. The van der Waals surface area contributed by atoms with Crippen LogP contribution >= 0.6 is 0 Å². The number of nitrogens with one attached hydrogen (secondary N) is 2. The number of hydrogen-bond donors (Lipinski definition) is 2. The number of unbranched alkanes of at least 4 members (excludes halogenated alkanes) is 1. The Morgan fingerprint density at radius 1 is 0.526 bits per heavy atom. The Bertz CT molecular complexity index is 3060. The number of aromatic amines is 2. The molecule has 0 saturated heterocycles. The Labute approximate surface area is 328 Å². The number of hydrogen-bond acceptors (Lipinski definition) is 4. The summed E-state index contributed by atoms with van der Waals surface area (Å²) in [4.78, 5) is 29.9. The van der Waals surface area contributed by atoms with Crippen molar-refractivity contribution in [3.05, 3.63) is 172 Å². The van der Waals surface area contributed by atoms with E-state index in [0.29, 0.717) is 0 Å². The van der Waals surface area contributed by atoms with E-state index in [9.17, 15) is 10.1 Å². The fraction of sp³-hybridized carbons (Fsp3) is 0.0800. The van der Waals surface area contributed by atoms with Crippen molar-refractivity contribution in [1.82, 2.24) is 19.9 Å². The number of nitrogens with zero attached hydrogens (tertiary/aromatic N) is 3. The standard InChI is InChI=1S/C50H37N5O2/c1-2-3-14-39-40-23-25-44(51-40)49(37-17-8-12-31-10-4-6-15-35(31)37)46-29-27-42(53-46)48(33-19-21-34(22-20-33)55(56)57)43-28-30-47(54-43)50(45-26-24-41(39)52-45)38-18-9-13-32-11-5-7-16-36(32)38/h4-13,15-30,51,54H,2-3,14H2,1H3. The van der Waals surface area contributed by atoms with Gasteiger partial charge in [-0.05, 0) is 112 Å². The lowest BCUT2D eigenvalue weighted by Crippen LogP contribution is -1.93. The highest BCUT2D eigenvalue weighted by molar-refractivity contribution is 6.06. The first-order valence-electron chi connectivity index (χ1n) is 19.4. The zero-order valence-electron chi connectivity index (χ0n) is 31.3. The number of aryl methyl sites for hydroxylation is 1. The van der Waals surface area contributed by atoms with Gasteiger partial charge in [0.25, 0.3) is 5.69 Å². The van der Waals surface area contributed by atoms with Crippen LogP contribution in [0.3, 0.4) is 0 Å². The van der Waals surface area contributed by atoms with Crippen LogP contribution in [-0.4, -0.2) is 24.9 Å². The number of nitro groups is 1. The van der Waals surface area contributed by atoms with Crippen LogP contribution in [0.1, 0.15) is 48.1 Å². The van der Waals surface area contributed by atoms with Crippen molar-refractivity contribution in [2.24, 2.45) is 0 Å². The Morgan fingerprint density at radius 3 is 1.58 bits per heavy atom. The highest BCUT2D eigenvalue weighted by atomic mass is 16.6. The molecule has 0 spiro atoms. The largest absolute Gasteiger partial charge is 0.355 e. The summed E-state index contributed by atoms with van der Waals surface area (Å²) in [7, 11) is 0. The number of fused-ring (bicyclic) bond motifs is 10. The molecule has 0 unspecified atom stereocenters. The first kappa shape index (κ1) is 34.1. The molecule has 8 bridgehead atoms. The number of benzene rings is 5. The van der Waals surface area contributed by atoms with Gasteiger partial charge in [-0.2, -0.15) is 0 Å². The van der Waals surface area contributed by atoms with Gasteiger partial charge in [-0.25, -0.2) is 9.97 Å². The normalized spacial score (nSPS) is 12.2. The number of aromatic nitrogens is 4. The van der Waals surface area contributed by atoms with Crippen LogP contribution in [-0.2, 0) is 6.42 Å². The Kier molecular flexibility index (Phi) is 8.41. The Morgan fingerprint density at radius 2 is 1.00 bits per heavy atom. The maximum atomic E-state index is 11.7. The summed E-state index contributed by atoms with van der Waals surface area (Å²) in [5.74, 6) is 0. The van der Waals surface area contributed by atoms with E-state index >= 15 is 0 Å². The van der Waals surface area contributed by atoms with Gasteiger partial charge >= 0.3 is 0 Å². The van der Waals surface area contributed by atoms with Crippen LogP contribution in [0.15, 0.2) is 133 Å². The van der Waals surface area contributed by atoms with Crippen molar-refractivity contribution in [2.45, 2.75) is 26.2 Å². The minimum absolute atomic E-state index is 0.0322. The molecule has 274 valence electrons. The van der Waals surface area contributed by atoms with Crippen LogP contribution < -0.4 is 0 Å². The van der Waals surface area contributed by atoms with Crippen LogP contribution in [0.4, 0.5) is 5.69 Å². The third kappa shape index (κ3) is 6.01. The first-order valence-corrected chi connectivity index (χ1v) is 19.4. The minimum atomic E-state index is -0.368. The quantitative estimate of drug-likeness (QED) is 0.125. The molecular formula is C50H37N5O2. The molecule has 3 aromatic heterocycles. The molecule has 7 heteroatoms. The number of rotatable bonds is 7. The molecule has 10 rings (SSSR count). The highest BCUT2D eigenvalue weighted by Crippen LogP contribution is 2.40. The summed E-state index contributed by atoms with van der Waals surface area (Å²) in [5.41, 5.74) is 14.1. The molecule has 2 N–H and O–H groups in total. The molecule has 2 aliphatic rings. The number of nitro benzene ring substituents is 1. The summed E-state index contributed by atoms with van der Waals surface area (Å²) in [6.45, 7) is 2.22. The summed E-state index contributed by atoms with van der Waals surface area (Å²) >= 11 is 0. The molecule has 0 aliphatic carbocycles. The third-order valence-electron chi connectivity index (χ3n) is 11.1. The topological polar surface area (TPSA) is 100 Å². The van der Waals surface area contributed by atoms with E-state index in [0.717, 1.165) is 119 Å². The fourth-order valence-electron chi connectivity index (χ4n) is 8.39. The molecule has 0 radical (unpaired) electrons. The van der Waals surface area contributed by atoms with Crippen LogP contribution in [0, 0.1) is 10.1 Å². The van der Waals surface area contributed by atoms with E-state index in [1.54, 1.807) is 24.3 Å². The fourth-order valence-corrected chi connectivity index (χ4v) is 8.39. The summed E-state index contributed by atoms with van der Waals surface area (Å²) in [6, 6.07) is 45.0. The maximum absolute atomic E-state index is 11.7. The summed E-state index contributed by atoms with van der Waals surface area (Å²) in [5, 5.41) is 16.3. The average molecular weight is 740 g/mol. The molecule has 57 heavy (non-hydrogen) atoms. The molecule has 0 saturated carbocycles. The second-order valence-electron chi connectivity index (χ2n) is 14.6. The van der Waals surface area contributed by atoms with Gasteiger partial charge in [-0.1, -0.05) is 98.3 Å². The average Bonchev–Trinajstić information content (AvgIpc) is 4.09. The van der Waals surface area contributed by atoms with Gasteiger partial charge in [-0.3, -0.25) is 10.1 Å². The second-order valence-corrected chi connectivity index (χ2v) is 14.6. The Hall–Kier alpha value is -7.38. The Balaban J connectivity index is 1.38. The molecule has 7 nitrogen and oxygen atoms in total. The molecule has 0 amide bonds. The lowest BCUT2D eigenvalue weighted by atomic mass is 9.97. The van der Waals surface area contributed by atoms with Crippen LogP contribution in [0.5, 0.6) is 0 Å². The van der Waals surface area contributed by atoms with Crippen molar-refractivity contribution >= 4 is 73.6 Å². The predicted molar refractivity (Wildman–Crippen MR) is 235 cm³/mol. The van der Waals surface area contributed by atoms with Crippen molar-refractivity contribution in [2.75, 3.05) is 0 Å². The van der Waals surface area contributed by atoms with Crippen molar-refractivity contribution in [3.63, 3.8) is 0 Å². The van der Waals surface area contributed by atoms with Crippen LogP contribution in [0.25, 0.3) is 101 Å². The van der Waals surface area contributed by atoms with Gasteiger partial charge in [0, 0.05) is 56.5 Å². The lowest BCUT2D eigenvalue weighted by Gasteiger charge is -2.09. The van der Waals surface area contributed by atoms with Crippen LogP contribution in [0.2, 0.25) is 0 Å². The van der Waals surface area contributed by atoms with E-state index < -0.39 is 0 Å². The molecule has 5 aromatic carbocycles. The summed E-state index contributed by atoms with van der Waals surface area (Å²) in [6.07, 6.45) is 11.4. The lowest BCUT2D eigenvalue weighted by molar-refractivity contribution is -0.384. The van der Waals surface area contributed by atoms with E-state index in [1.165, 1.54) is 5.56 Å². The summed E-state index contributed by atoms with van der Waals surface area (Å²) < 4.78 is 0. The van der Waals surface area contributed by atoms with Gasteiger partial charge in [0.15, 0.2) is 0 Å². The minimum Gasteiger partial charge on any atom is -0.355 e. The molecule has 5 heterocycles. The van der Waals surface area contributed by atoms with Gasteiger partial charge in [0.2, 0.25) is 0 Å². The molecule has 2 aliphatic heterocycles. The van der Waals surface area contributed by atoms with Crippen molar-refractivity contribution in [1.29, 1.82) is 0 Å². The third-order valence-corrected chi connectivity index (χ3v) is 11.1. The van der Waals surface area contributed by atoms with E-state index in [1.807, 2.05) is 0 Å². The molecular weight excluding hydrogens is 703 g/mol. The van der Waals surface area contributed by atoms with Crippen molar-refractivity contribution in [3.8, 4) is 33.4 Å². The zero-order chi connectivity index (χ0) is 38.5. The van der Waals surface area contributed by atoms with E-state index in [2.05, 4.69) is 150 Å². The van der Waals surface area contributed by atoms with Gasteiger partial charge in [0.1, 0.15) is 0 Å². The van der Waals surface area contributed by atoms with E-state index in [-0.39, 0.29) is 10.6 Å². The van der Waals surface area contributed by atoms with Gasteiger partial charge in [0.05, 0.1) is 27.7 Å². The SMILES string of the molecule is CCCCc1c2nc(c(-c3cccc4ccccc34)c3ccc([nH]3)c(-c3ccc([N+](=O)[O-])cc3)c3nc(c(-c4cccc5ccccc45)c4ccc1[nH]4)C=C3)C=C2. The molecule has 0 atom stereocenters. The molecule has 8 aromatic rings. The highest BCUT2D eigenvalue weighted by Gasteiger charge is 2.20. The number of non-ortho nitro benzene ring substituents is 1. The molecule has 0 fully saturated rings. The predicted octanol–water partition coefficient (Wildman–Crippen LogP) is 13.2.